The van der Waals surface area contributed by atoms with Crippen LogP contribution in [0.2, 0.25) is 0 Å². The highest BCUT2D eigenvalue weighted by Crippen LogP contribution is 2.49. The molecule has 2 saturated carbocycles. The van der Waals surface area contributed by atoms with Crippen molar-refractivity contribution in [3.8, 4) is 11.8 Å². The number of nitrogens with zero attached hydrogens (tertiary/aromatic N) is 2. The maximum atomic E-state index is 12.4. The summed E-state index contributed by atoms with van der Waals surface area (Å²) >= 11 is 0. The molecule has 7 nitrogen and oxygen atoms in total. The molecule has 1 aromatic carbocycles. The number of anilines is 3. The molecule has 0 spiro atoms. The Bertz CT molecular complexity index is 867. The van der Waals surface area contributed by atoms with E-state index in [1.165, 1.54) is 19.3 Å². The number of ether oxygens (including phenoxy) is 1. The van der Waals surface area contributed by atoms with Gasteiger partial charge in [0, 0.05) is 12.1 Å². The maximum Gasteiger partial charge on any atom is 0.225 e. The molecule has 2 aromatic rings. The number of aromatic nitrogens is 2. The van der Waals surface area contributed by atoms with Gasteiger partial charge in [0.05, 0.1) is 7.11 Å². The normalized spacial score (nSPS) is 23.0. The van der Waals surface area contributed by atoms with Crippen LogP contribution in [0.25, 0.3) is 0 Å². The van der Waals surface area contributed by atoms with Crippen LogP contribution in [0.15, 0.2) is 24.3 Å². The van der Waals surface area contributed by atoms with Crippen molar-refractivity contribution >= 4 is 23.2 Å². The van der Waals surface area contributed by atoms with Gasteiger partial charge in [-0.25, -0.2) is 0 Å². The molecule has 3 atom stereocenters. The van der Waals surface area contributed by atoms with Gasteiger partial charge in [0.2, 0.25) is 5.91 Å². The van der Waals surface area contributed by atoms with E-state index in [2.05, 4.69) is 26.9 Å². The number of nitrogens with one attached hydrogen (secondary N) is 3. The van der Waals surface area contributed by atoms with E-state index in [4.69, 9.17) is 4.74 Å². The molecule has 27 heavy (non-hydrogen) atoms. The van der Waals surface area contributed by atoms with Crippen molar-refractivity contribution in [1.82, 2.24) is 10.2 Å². The average Bonchev–Trinajstić information content (AvgIpc) is 3.38. The fourth-order valence-electron chi connectivity index (χ4n) is 4.50. The van der Waals surface area contributed by atoms with Crippen molar-refractivity contribution in [1.29, 1.82) is 5.26 Å². The summed E-state index contributed by atoms with van der Waals surface area (Å²) in [4.78, 5) is 12.4. The second-order valence-electron chi connectivity index (χ2n) is 7.47. The Morgan fingerprint density at radius 2 is 2.15 bits per heavy atom. The van der Waals surface area contributed by atoms with Gasteiger partial charge < -0.3 is 15.4 Å². The number of hydrogen-bond donors (Lipinski definition) is 3. The highest BCUT2D eigenvalue weighted by Gasteiger charge is 2.40. The van der Waals surface area contributed by atoms with Crippen LogP contribution < -0.4 is 15.4 Å². The number of hydrogen-bond acceptors (Lipinski definition) is 5. The Balaban J connectivity index is 1.41. The van der Waals surface area contributed by atoms with E-state index in [9.17, 15) is 10.1 Å². The largest absolute Gasteiger partial charge is 0.497 e. The predicted molar refractivity (Wildman–Crippen MR) is 102 cm³/mol. The van der Waals surface area contributed by atoms with Crippen LogP contribution in [-0.2, 0) is 4.79 Å². The number of fused-ring (bicyclic) bond motifs is 2. The van der Waals surface area contributed by atoms with Gasteiger partial charge in [-0.05, 0) is 61.3 Å². The number of aromatic amines is 1. The lowest BCUT2D eigenvalue weighted by Crippen LogP contribution is -2.20. The van der Waals surface area contributed by atoms with Crippen molar-refractivity contribution in [3.05, 3.63) is 29.8 Å². The molecule has 0 unspecified atom stereocenters. The van der Waals surface area contributed by atoms with E-state index in [1.54, 1.807) is 7.11 Å². The minimum absolute atomic E-state index is 0.0634. The van der Waals surface area contributed by atoms with Crippen LogP contribution in [-0.4, -0.2) is 23.2 Å². The molecule has 1 amide bonds. The Labute approximate surface area is 158 Å². The van der Waals surface area contributed by atoms with Gasteiger partial charge in [-0.15, -0.1) is 0 Å². The lowest BCUT2D eigenvalue weighted by atomic mass is 9.86. The summed E-state index contributed by atoms with van der Waals surface area (Å²) in [7, 11) is 1.61. The zero-order chi connectivity index (χ0) is 18.8. The van der Waals surface area contributed by atoms with E-state index >= 15 is 0 Å². The van der Waals surface area contributed by atoms with Crippen LogP contribution in [0.3, 0.4) is 0 Å². The van der Waals surface area contributed by atoms with Crippen LogP contribution >= 0.6 is 0 Å². The molecule has 4 rings (SSSR count). The van der Waals surface area contributed by atoms with Crippen LogP contribution in [0.1, 0.15) is 37.7 Å². The molecular formula is C20H23N5O2. The van der Waals surface area contributed by atoms with Crippen LogP contribution in [0.5, 0.6) is 5.75 Å². The third-order valence-corrected chi connectivity index (χ3v) is 5.83. The lowest BCUT2D eigenvalue weighted by Gasteiger charge is -2.20. The molecule has 2 fully saturated rings. The summed E-state index contributed by atoms with van der Waals surface area (Å²) in [5.41, 5.74) is 1.09. The van der Waals surface area contributed by atoms with Gasteiger partial charge in [-0.2, -0.15) is 10.4 Å². The van der Waals surface area contributed by atoms with E-state index in [0.717, 1.165) is 23.8 Å². The summed E-state index contributed by atoms with van der Waals surface area (Å²) < 4.78 is 5.14. The second kappa shape index (κ2) is 7.31. The summed E-state index contributed by atoms with van der Waals surface area (Å²) in [5, 5.41) is 22.3. The number of H-pyrrole nitrogens is 1. The molecule has 7 heteroatoms. The van der Waals surface area contributed by atoms with Crippen molar-refractivity contribution in [2.45, 2.75) is 32.1 Å². The Kier molecular flexibility index (Phi) is 4.71. The third kappa shape index (κ3) is 3.61. The molecule has 0 saturated heterocycles. The maximum absolute atomic E-state index is 12.4. The molecule has 1 heterocycles. The molecule has 140 valence electrons. The predicted octanol–water partition coefficient (Wildman–Crippen LogP) is 3.80. The van der Waals surface area contributed by atoms with Crippen molar-refractivity contribution in [2.75, 3.05) is 17.7 Å². The topological polar surface area (TPSA) is 103 Å². The monoisotopic (exact) mass is 365 g/mol. The first-order valence-electron chi connectivity index (χ1n) is 9.35. The molecule has 0 aliphatic heterocycles. The second-order valence-corrected chi connectivity index (χ2v) is 7.47. The molecular weight excluding hydrogens is 342 g/mol. The molecule has 1 aromatic heterocycles. The van der Waals surface area contributed by atoms with Crippen molar-refractivity contribution in [3.63, 3.8) is 0 Å². The molecule has 2 aliphatic rings. The Morgan fingerprint density at radius 1 is 1.33 bits per heavy atom. The molecule has 2 bridgehead atoms. The van der Waals surface area contributed by atoms with E-state index < -0.39 is 0 Å². The number of benzene rings is 1. The number of nitriles is 1. The molecule has 2 aliphatic carbocycles. The number of methoxy groups -OCH3 is 1. The molecule has 0 radical (unpaired) electrons. The zero-order valence-electron chi connectivity index (χ0n) is 15.3. The average molecular weight is 365 g/mol. The number of carbonyl (C=O) groups excluding carboxylic acids is 1. The summed E-state index contributed by atoms with van der Waals surface area (Å²) in [6, 6.07) is 9.44. The summed E-state index contributed by atoms with van der Waals surface area (Å²) in [6.07, 6.45) is 5.53. The fraction of sp³-hybridized carbons (Fsp3) is 0.450. The fourth-order valence-corrected chi connectivity index (χ4v) is 4.50. The lowest BCUT2D eigenvalue weighted by molar-refractivity contribution is -0.117. The van der Waals surface area contributed by atoms with Crippen LogP contribution in [0.4, 0.5) is 17.3 Å². The number of carbonyl (C=O) groups is 1. The van der Waals surface area contributed by atoms with Gasteiger partial charge in [-0.3, -0.25) is 9.89 Å². The van der Waals surface area contributed by atoms with Gasteiger partial charge in [0.25, 0.3) is 0 Å². The zero-order valence-corrected chi connectivity index (χ0v) is 15.3. The first kappa shape index (κ1) is 17.4. The minimum Gasteiger partial charge on any atom is -0.497 e. The smallest absolute Gasteiger partial charge is 0.225 e. The van der Waals surface area contributed by atoms with Gasteiger partial charge >= 0.3 is 0 Å². The Morgan fingerprint density at radius 3 is 2.78 bits per heavy atom. The first-order chi connectivity index (χ1) is 13.2. The first-order valence-corrected chi connectivity index (χ1v) is 9.35. The van der Waals surface area contributed by atoms with E-state index in [1.807, 2.05) is 24.3 Å². The van der Waals surface area contributed by atoms with Crippen molar-refractivity contribution < 1.29 is 9.53 Å². The number of amides is 1. The van der Waals surface area contributed by atoms with E-state index in [-0.39, 0.29) is 11.7 Å². The number of rotatable bonds is 6. The van der Waals surface area contributed by atoms with Crippen LogP contribution in [0, 0.1) is 29.1 Å². The summed E-state index contributed by atoms with van der Waals surface area (Å²) in [5.74, 6) is 3.41. The Hall–Kier alpha value is -3.01. The standard InChI is InChI=1S/C20H23N5O2/c1-27-16-6-4-15(5-7-16)22-19-17(11-21)20(25-24-19)23-18(26)10-14-9-12-2-3-13(14)8-12/h4-7,12-14H,2-3,8-10H2,1H3,(H3,22,23,24,25,26)/t12-,13+,14+/m0/s1. The van der Waals surface area contributed by atoms with Crippen molar-refractivity contribution in [2.24, 2.45) is 17.8 Å². The quantitative estimate of drug-likeness (QED) is 0.722. The minimum atomic E-state index is -0.0634. The summed E-state index contributed by atoms with van der Waals surface area (Å²) in [6.45, 7) is 0. The SMILES string of the molecule is COc1ccc(Nc2[nH]nc(NC(=O)C[C@H]3C[C@H]4CC[C@@H]3C4)c2C#N)cc1. The highest BCUT2D eigenvalue weighted by atomic mass is 16.5. The van der Waals surface area contributed by atoms with Gasteiger partial charge in [-0.1, -0.05) is 6.42 Å². The highest BCUT2D eigenvalue weighted by molar-refractivity contribution is 5.92. The van der Waals surface area contributed by atoms with Gasteiger partial charge in [0.1, 0.15) is 23.2 Å². The molecule has 3 N–H and O–H groups in total. The third-order valence-electron chi connectivity index (χ3n) is 5.83. The van der Waals surface area contributed by atoms with E-state index in [0.29, 0.717) is 29.6 Å². The van der Waals surface area contributed by atoms with Gasteiger partial charge in [0.15, 0.2) is 5.82 Å².